The van der Waals surface area contributed by atoms with Crippen LogP contribution >= 0.6 is 0 Å². The third-order valence-electron chi connectivity index (χ3n) is 3.26. The quantitative estimate of drug-likeness (QED) is 0.847. The zero-order valence-electron chi connectivity index (χ0n) is 11.3. The first-order valence-electron chi connectivity index (χ1n) is 6.31. The van der Waals surface area contributed by atoms with Crippen LogP contribution in [0, 0.1) is 0 Å². The molecule has 1 aliphatic heterocycles. The number of ether oxygens (including phenoxy) is 1. The monoisotopic (exact) mass is 250 g/mol. The lowest BCUT2D eigenvalue weighted by atomic mass is 9.98. The molecule has 1 aromatic carbocycles. The van der Waals surface area contributed by atoms with Crippen LogP contribution in [0.1, 0.15) is 13.8 Å². The summed E-state index contributed by atoms with van der Waals surface area (Å²) < 4.78 is 5.26. The van der Waals surface area contributed by atoms with Gasteiger partial charge in [0.1, 0.15) is 5.75 Å². The minimum Gasteiger partial charge on any atom is -0.497 e. The first kappa shape index (κ1) is 13.2. The molecule has 1 saturated heterocycles. The van der Waals surface area contributed by atoms with Crippen molar-refractivity contribution in [1.29, 1.82) is 0 Å². The molecule has 0 radical (unpaired) electrons. The fourth-order valence-corrected chi connectivity index (χ4v) is 2.56. The van der Waals surface area contributed by atoms with Gasteiger partial charge in [-0.25, -0.2) is 0 Å². The molecule has 0 aromatic heterocycles. The van der Waals surface area contributed by atoms with Crippen molar-refractivity contribution < 1.29 is 9.84 Å². The number of nitrogens with one attached hydrogen (secondary N) is 1. The Balaban J connectivity index is 2.20. The highest BCUT2D eigenvalue weighted by Crippen LogP contribution is 2.25. The summed E-state index contributed by atoms with van der Waals surface area (Å²) in [6, 6.07) is 8.17. The summed E-state index contributed by atoms with van der Waals surface area (Å²) in [5.41, 5.74) is 1.14. The first-order chi connectivity index (χ1) is 8.54. The molecule has 4 nitrogen and oxygen atoms in total. The van der Waals surface area contributed by atoms with Crippen molar-refractivity contribution in [3.05, 3.63) is 24.3 Å². The molecular weight excluding hydrogens is 228 g/mol. The van der Waals surface area contributed by atoms with Gasteiger partial charge in [0, 0.05) is 36.4 Å². The zero-order chi connectivity index (χ0) is 13.2. The number of aliphatic hydroxyl groups is 1. The smallest absolute Gasteiger partial charge is 0.120 e. The first-order valence-corrected chi connectivity index (χ1v) is 6.31. The van der Waals surface area contributed by atoms with Crippen LogP contribution in [0.3, 0.4) is 0 Å². The van der Waals surface area contributed by atoms with Crippen molar-refractivity contribution in [3.63, 3.8) is 0 Å². The summed E-state index contributed by atoms with van der Waals surface area (Å²) in [4.78, 5) is 2.29. The number of hydrogen-bond acceptors (Lipinski definition) is 4. The number of methoxy groups -OCH3 is 1. The summed E-state index contributed by atoms with van der Waals surface area (Å²) in [5, 5.41) is 12.8. The van der Waals surface area contributed by atoms with E-state index < -0.39 is 0 Å². The Labute approximate surface area is 109 Å². The minimum absolute atomic E-state index is 0.00523. The molecule has 4 heteroatoms. The molecule has 1 aromatic rings. The molecule has 100 valence electrons. The number of anilines is 1. The molecule has 1 unspecified atom stereocenters. The van der Waals surface area contributed by atoms with Gasteiger partial charge in [-0.15, -0.1) is 0 Å². The summed E-state index contributed by atoms with van der Waals surface area (Å²) in [6.07, 6.45) is 0. The van der Waals surface area contributed by atoms with Crippen LogP contribution in [0.4, 0.5) is 5.69 Å². The Morgan fingerprint density at radius 1 is 1.50 bits per heavy atom. The minimum atomic E-state index is -0.00523. The van der Waals surface area contributed by atoms with E-state index in [1.807, 2.05) is 18.2 Å². The topological polar surface area (TPSA) is 44.7 Å². The van der Waals surface area contributed by atoms with E-state index >= 15 is 0 Å². The van der Waals surface area contributed by atoms with Crippen LogP contribution in [-0.4, -0.2) is 43.5 Å². The third-order valence-corrected chi connectivity index (χ3v) is 3.26. The average molecular weight is 250 g/mol. The summed E-state index contributed by atoms with van der Waals surface area (Å²) >= 11 is 0. The van der Waals surface area contributed by atoms with E-state index in [0.717, 1.165) is 24.5 Å². The second-order valence-electron chi connectivity index (χ2n) is 5.49. The van der Waals surface area contributed by atoms with Gasteiger partial charge in [-0.05, 0) is 26.0 Å². The van der Waals surface area contributed by atoms with Crippen LogP contribution in [0.25, 0.3) is 0 Å². The summed E-state index contributed by atoms with van der Waals surface area (Å²) in [5.74, 6) is 0.865. The van der Waals surface area contributed by atoms with E-state index in [2.05, 4.69) is 30.1 Å². The predicted octanol–water partition coefficient (Wildman–Crippen LogP) is 1.24. The Morgan fingerprint density at radius 3 is 2.94 bits per heavy atom. The van der Waals surface area contributed by atoms with Crippen molar-refractivity contribution in [2.24, 2.45) is 0 Å². The maximum absolute atomic E-state index is 9.37. The average Bonchev–Trinajstić information content (AvgIpc) is 2.37. The molecule has 1 atom stereocenters. The normalized spacial score (nSPS) is 22.9. The Hall–Kier alpha value is -1.26. The summed E-state index contributed by atoms with van der Waals surface area (Å²) in [7, 11) is 1.68. The highest BCUT2D eigenvalue weighted by atomic mass is 16.5. The molecule has 1 aliphatic rings. The van der Waals surface area contributed by atoms with Crippen LogP contribution in [0.2, 0.25) is 0 Å². The number of aliphatic hydroxyl groups excluding tert-OH is 1. The van der Waals surface area contributed by atoms with Crippen LogP contribution in [-0.2, 0) is 0 Å². The van der Waals surface area contributed by atoms with Crippen LogP contribution in [0.15, 0.2) is 24.3 Å². The van der Waals surface area contributed by atoms with Gasteiger partial charge in [0.2, 0.25) is 0 Å². The molecule has 18 heavy (non-hydrogen) atoms. The highest BCUT2D eigenvalue weighted by Gasteiger charge is 2.31. The van der Waals surface area contributed by atoms with E-state index in [1.54, 1.807) is 7.11 Å². The molecule has 0 aliphatic carbocycles. The number of hydrogen-bond donors (Lipinski definition) is 2. The fraction of sp³-hybridized carbons (Fsp3) is 0.571. The fourth-order valence-electron chi connectivity index (χ4n) is 2.56. The van der Waals surface area contributed by atoms with Crippen molar-refractivity contribution >= 4 is 5.69 Å². The van der Waals surface area contributed by atoms with Crippen LogP contribution < -0.4 is 15.0 Å². The molecule has 1 fully saturated rings. The maximum Gasteiger partial charge on any atom is 0.120 e. The van der Waals surface area contributed by atoms with Gasteiger partial charge in [0.25, 0.3) is 0 Å². The standard InChI is InChI=1S/C14H22N2O2/c1-14(2)10-16(8-11(9-17)15-14)12-5-4-6-13(7-12)18-3/h4-7,11,15,17H,8-10H2,1-3H3. The van der Waals surface area contributed by atoms with E-state index in [9.17, 15) is 5.11 Å². The molecule has 0 spiro atoms. The Bertz CT molecular complexity index is 407. The predicted molar refractivity (Wildman–Crippen MR) is 73.3 cm³/mol. The lowest BCUT2D eigenvalue weighted by Crippen LogP contribution is -2.63. The van der Waals surface area contributed by atoms with E-state index in [-0.39, 0.29) is 18.2 Å². The van der Waals surface area contributed by atoms with Gasteiger partial charge in [-0.3, -0.25) is 0 Å². The third kappa shape index (κ3) is 2.94. The van der Waals surface area contributed by atoms with E-state index in [1.165, 1.54) is 0 Å². The van der Waals surface area contributed by atoms with Gasteiger partial charge in [-0.1, -0.05) is 6.07 Å². The van der Waals surface area contributed by atoms with Gasteiger partial charge < -0.3 is 20.1 Å². The van der Waals surface area contributed by atoms with Crippen molar-refractivity contribution in [2.75, 3.05) is 31.7 Å². The van der Waals surface area contributed by atoms with Gasteiger partial charge in [0.15, 0.2) is 0 Å². The van der Waals surface area contributed by atoms with Crippen LogP contribution in [0.5, 0.6) is 5.75 Å². The zero-order valence-corrected chi connectivity index (χ0v) is 11.3. The lowest BCUT2D eigenvalue weighted by molar-refractivity contribution is 0.191. The molecule has 2 rings (SSSR count). The Kier molecular flexibility index (Phi) is 3.78. The Morgan fingerprint density at radius 2 is 2.28 bits per heavy atom. The number of benzene rings is 1. The SMILES string of the molecule is COc1cccc(N2CC(CO)NC(C)(C)C2)c1. The lowest BCUT2D eigenvalue weighted by Gasteiger charge is -2.44. The van der Waals surface area contributed by atoms with Gasteiger partial charge in [0.05, 0.1) is 13.7 Å². The second-order valence-corrected chi connectivity index (χ2v) is 5.49. The molecule has 0 saturated carbocycles. The van der Waals surface area contributed by atoms with Gasteiger partial charge >= 0.3 is 0 Å². The molecule has 0 amide bonds. The van der Waals surface area contributed by atoms with Crippen molar-refractivity contribution in [1.82, 2.24) is 5.32 Å². The molecule has 2 N–H and O–H groups in total. The highest BCUT2D eigenvalue weighted by molar-refractivity contribution is 5.51. The molecular formula is C14H22N2O2. The largest absolute Gasteiger partial charge is 0.497 e. The number of rotatable bonds is 3. The maximum atomic E-state index is 9.37. The summed E-state index contributed by atoms with van der Waals surface area (Å²) in [6.45, 7) is 6.19. The van der Waals surface area contributed by atoms with Gasteiger partial charge in [-0.2, -0.15) is 0 Å². The van der Waals surface area contributed by atoms with Crippen molar-refractivity contribution in [3.8, 4) is 5.75 Å². The van der Waals surface area contributed by atoms with E-state index in [0.29, 0.717) is 0 Å². The number of nitrogens with zero attached hydrogens (tertiary/aromatic N) is 1. The number of piperazine rings is 1. The molecule has 0 bridgehead atoms. The van der Waals surface area contributed by atoms with E-state index in [4.69, 9.17) is 4.74 Å². The molecule has 1 heterocycles. The van der Waals surface area contributed by atoms with Crippen molar-refractivity contribution in [2.45, 2.75) is 25.4 Å². The second kappa shape index (κ2) is 5.16.